The SMILES string of the molecule is C=C(Nc1nc2ccc(C(=O)Nc3c(C)cccc3Cl)cc2s1)C1CC1C. The number of allylic oxidation sites excluding steroid dienone is 1. The van der Waals surface area contributed by atoms with Crippen LogP contribution in [0.3, 0.4) is 0 Å². The molecule has 2 atom stereocenters. The standard InChI is InChI=1S/C21H20ClN3OS/c1-11-5-4-6-16(22)19(11)25-20(26)14-7-8-17-18(10-14)27-21(24-17)23-13(3)15-9-12(15)2/h4-8,10,12,15H,3,9H2,1-2H3,(H,23,24)(H,25,26). The molecular formula is C21H20ClN3OS. The van der Waals surface area contributed by atoms with Gasteiger partial charge in [-0.1, -0.05) is 48.6 Å². The molecule has 2 aromatic carbocycles. The summed E-state index contributed by atoms with van der Waals surface area (Å²) in [5.41, 5.74) is 4.03. The second-order valence-electron chi connectivity index (χ2n) is 7.06. The van der Waals surface area contributed by atoms with Crippen LogP contribution in [0, 0.1) is 18.8 Å². The molecule has 0 bridgehead atoms. The molecule has 0 radical (unpaired) electrons. The zero-order valence-electron chi connectivity index (χ0n) is 15.2. The van der Waals surface area contributed by atoms with Gasteiger partial charge in [-0.25, -0.2) is 4.98 Å². The van der Waals surface area contributed by atoms with Gasteiger partial charge in [0, 0.05) is 17.2 Å². The number of aromatic nitrogens is 1. The zero-order valence-corrected chi connectivity index (χ0v) is 16.7. The highest BCUT2D eigenvalue weighted by atomic mass is 35.5. The van der Waals surface area contributed by atoms with Crippen LogP contribution < -0.4 is 10.6 Å². The minimum Gasteiger partial charge on any atom is -0.335 e. The fourth-order valence-corrected chi connectivity index (χ4v) is 4.34. The highest BCUT2D eigenvalue weighted by molar-refractivity contribution is 7.22. The minimum atomic E-state index is -0.188. The lowest BCUT2D eigenvalue weighted by molar-refractivity contribution is 0.102. The number of anilines is 2. The first-order chi connectivity index (χ1) is 12.9. The number of hydrogen-bond donors (Lipinski definition) is 2. The fourth-order valence-electron chi connectivity index (χ4n) is 3.13. The topological polar surface area (TPSA) is 54.0 Å². The van der Waals surface area contributed by atoms with Gasteiger partial charge in [0.1, 0.15) is 0 Å². The quantitative estimate of drug-likeness (QED) is 0.547. The average Bonchev–Trinajstić information content (AvgIpc) is 3.23. The molecule has 4 nitrogen and oxygen atoms in total. The lowest BCUT2D eigenvalue weighted by atomic mass is 10.1. The average molecular weight is 398 g/mol. The number of para-hydroxylation sites is 1. The van der Waals surface area contributed by atoms with E-state index in [1.54, 1.807) is 12.1 Å². The summed E-state index contributed by atoms with van der Waals surface area (Å²) in [7, 11) is 0. The van der Waals surface area contributed by atoms with Crippen molar-refractivity contribution in [3.05, 3.63) is 64.8 Å². The number of carbonyl (C=O) groups excluding carboxylic acids is 1. The number of hydrogen-bond acceptors (Lipinski definition) is 4. The van der Waals surface area contributed by atoms with Crippen molar-refractivity contribution in [2.45, 2.75) is 20.3 Å². The number of nitrogens with one attached hydrogen (secondary N) is 2. The maximum absolute atomic E-state index is 12.7. The van der Waals surface area contributed by atoms with Gasteiger partial charge < -0.3 is 10.6 Å². The summed E-state index contributed by atoms with van der Waals surface area (Å²) in [6.07, 6.45) is 1.18. The number of rotatable bonds is 5. The first kappa shape index (κ1) is 18.0. The second-order valence-corrected chi connectivity index (χ2v) is 8.49. The van der Waals surface area contributed by atoms with Crippen molar-refractivity contribution >= 4 is 49.9 Å². The third kappa shape index (κ3) is 3.70. The van der Waals surface area contributed by atoms with Crippen molar-refractivity contribution in [2.75, 3.05) is 10.6 Å². The number of amides is 1. The van der Waals surface area contributed by atoms with E-state index < -0.39 is 0 Å². The maximum Gasteiger partial charge on any atom is 0.255 e. The molecule has 138 valence electrons. The van der Waals surface area contributed by atoms with Gasteiger partial charge in [-0.3, -0.25) is 4.79 Å². The van der Waals surface area contributed by atoms with Crippen LogP contribution in [0.1, 0.15) is 29.3 Å². The Hall–Kier alpha value is -2.37. The molecule has 1 heterocycles. The van der Waals surface area contributed by atoms with Gasteiger partial charge in [0.15, 0.2) is 5.13 Å². The molecule has 2 N–H and O–H groups in total. The van der Waals surface area contributed by atoms with Gasteiger partial charge in [-0.2, -0.15) is 0 Å². The van der Waals surface area contributed by atoms with Crippen molar-refractivity contribution in [3.8, 4) is 0 Å². The Morgan fingerprint density at radius 3 is 2.78 bits per heavy atom. The van der Waals surface area contributed by atoms with Crippen LogP contribution in [0.25, 0.3) is 10.2 Å². The monoisotopic (exact) mass is 397 g/mol. The van der Waals surface area contributed by atoms with E-state index in [1.165, 1.54) is 17.8 Å². The van der Waals surface area contributed by atoms with Gasteiger partial charge in [-0.05, 0) is 49.1 Å². The summed E-state index contributed by atoms with van der Waals surface area (Å²) < 4.78 is 0.956. The van der Waals surface area contributed by atoms with E-state index in [9.17, 15) is 4.79 Å². The Kier molecular flexibility index (Phi) is 4.66. The molecule has 1 aliphatic rings. The van der Waals surface area contributed by atoms with Crippen molar-refractivity contribution in [1.29, 1.82) is 0 Å². The smallest absolute Gasteiger partial charge is 0.255 e. The molecule has 0 aliphatic heterocycles. The normalized spacial score (nSPS) is 18.3. The Bertz CT molecular complexity index is 1040. The van der Waals surface area contributed by atoms with E-state index in [4.69, 9.17) is 11.6 Å². The number of benzene rings is 2. The van der Waals surface area contributed by atoms with Crippen LogP contribution in [0.4, 0.5) is 10.8 Å². The van der Waals surface area contributed by atoms with E-state index in [0.29, 0.717) is 28.1 Å². The number of halogens is 1. The van der Waals surface area contributed by atoms with E-state index in [-0.39, 0.29) is 5.91 Å². The lowest BCUT2D eigenvalue weighted by Crippen LogP contribution is -2.13. The Labute approximate surface area is 167 Å². The van der Waals surface area contributed by atoms with Gasteiger partial charge in [0.2, 0.25) is 0 Å². The predicted molar refractivity (Wildman–Crippen MR) is 114 cm³/mol. The first-order valence-electron chi connectivity index (χ1n) is 8.85. The third-order valence-electron chi connectivity index (χ3n) is 4.94. The van der Waals surface area contributed by atoms with Crippen LogP contribution >= 0.6 is 22.9 Å². The third-order valence-corrected chi connectivity index (χ3v) is 6.18. The highest BCUT2D eigenvalue weighted by Gasteiger charge is 2.35. The number of nitrogens with zero attached hydrogens (tertiary/aromatic N) is 1. The molecule has 27 heavy (non-hydrogen) atoms. The molecule has 6 heteroatoms. The van der Waals surface area contributed by atoms with Crippen LogP contribution in [0.15, 0.2) is 48.7 Å². The van der Waals surface area contributed by atoms with Crippen molar-refractivity contribution in [2.24, 2.45) is 11.8 Å². The fraction of sp³-hybridized carbons (Fsp3) is 0.238. The van der Waals surface area contributed by atoms with Crippen molar-refractivity contribution in [3.63, 3.8) is 0 Å². The summed E-state index contributed by atoms with van der Waals surface area (Å²) in [6.45, 7) is 8.26. The summed E-state index contributed by atoms with van der Waals surface area (Å²) in [6, 6.07) is 11.1. The van der Waals surface area contributed by atoms with Crippen molar-refractivity contribution in [1.82, 2.24) is 4.98 Å². The summed E-state index contributed by atoms with van der Waals surface area (Å²) in [5.74, 6) is 1.05. The van der Waals surface area contributed by atoms with Gasteiger partial charge in [0.05, 0.1) is 20.9 Å². The van der Waals surface area contributed by atoms with Gasteiger partial charge in [-0.15, -0.1) is 0 Å². The molecule has 0 spiro atoms. The molecule has 2 unspecified atom stereocenters. The van der Waals surface area contributed by atoms with E-state index in [0.717, 1.165) is 26.6 Å². The lowest BCUT2D eigenvalue weighted by Gasteiger charge is -2.10. The number of carbonyl (C=O) groups is 1. The molecule has 0 saturated heterocycles. The molecule has 1 aliphatic carbocycles. The molecule has 1 saturated carbocycles. The minimum absolute atomic E-state index is 0.188. The van der Waals surface area contributed by atoms with Crippen LogP contribution in [-0.2, 0) is 0 Å². The van der Waals surface area contributed by atoms with Gasteiger partial charge >= 0.3 is 0 Å². The van der Waals surface area contributed by atoms with Crippen LogP contribution in [0.2, 0.25) is 5.02 Å². The Morgan fingerprint density at radius 1 is 1.30 bits per heavy atom. The zero-order chi connectivity index (χ0) is 19.1. The molecule has 1 aromatic heterocycles. The molecule has 1 amide bonds. The highest BCUT2D eigenvalue weighted by Crippen LogP contribution is 2.43. The molecule has 3 aromatic rings. The largest absolute Gasteiger partial charge is 0.335 e. The molecular weight excluding hydrogens is 378 g/mol. The van der Waals surface area contributed by atoms with Gasteiger partial charge in [0.25, 0.3) is 5.91 Å². The molecule has 4 rings (SSSR count). The number of thiazole rings is 1. The second kappa shape index (κ2) is 6.98. The summed E-state index contributed by atoms with van der Waals surface area (Å²) in [5, 5.41) is 7.57. The van der Waals surface area contributed by atoms with E-state index in [2.05, 4.69) is 29.1 Å². The first-order valence-corrected chi connectivity index (χ1v) is 10.0. The van der Waals surface area contributed by atoms with E-state index >= 15 is 0 Å². The number of aryl methyl sites for hydroxylation is 1. The van der Waals surface area contributed by atoms with Crippen LogP contribution in [-0.4, -0.2) is 10.9 Å². The van der Waals surface area contributed by atoms with E-state index in [1.807, 2.05) is 31.2 Å². The molecule has 1 fully saturated rings. The predicted octanol–water partition coefficient (Wildman–Crippen LogP) is 6.09. The number of fused-ring (bicyclic) bond motifs is 1. The summed E-state index contributed by atoms with van der Waals surface area (Å²) >= 11 is 7.74. The van der Waals surface area contributed by atoms with Crippen LogP contribution in [0.5, 0.6) is 0 Å². The van der Waals surface area contributed by atoms with Crippen molar-refractivity contribution < 1.29 is 4.79 Å². The Balaban J connectivity index is 1.54. The maximum atomic E-state index is 12.7. The Morgan fingerprint density at radius 2 is 2.07 bits per heavy atom. The summed E-state index contributed by atoms with van der Waals surface area (Å²) in [4.78, 5) is 17.3.